The van der Waals surface area contributed by atoms with E-state index in [2.05, 4.69) is 33.8 Å². The van der Waals surface area contributed by atoms with Gasteiger partial charge in [0, 0.05) is 38.6 Å². The summed E-state index contributed by atoms with van der Waals surface area (Å²) in [6.07, 6.45) is 7.18. The number of carbonyl (C=O) groups excluding carboxylic acids is 5. The molecule has 13 nitrogen and oxygen atoms in total. The molecule has 1 aliphatic carbocycles. The Morgan fingerprint density at radius 1 is 1.04 bits per heavy atom. The Balaban J connectivity index is 1.82. The average Bonchev–Trinajstić information content (AvgIpc) is 3.25. The van der Waals surface area contributed by atoms with Gasteiger partial charge < -0.3 is 26.2 Å². The van der Waals surface area contributed by atoms with E-state index in [0.29, 0.717) is 13.0 Å². The van der Waals surface area contributed by atoms with Gasteiger partial charge in [0.1, 0.15) is 18.1 Å². The van der Waals surface area contributed by atoms with E-state index < -0.39 is 74.6 Å². The number of terminal acetylenes is 1. The topological polar surface area (TPSA) is 174 Å². The zero-order valence-electron chi connectivity index (χ0n) is 28.9. The molecule has 3 fully saturated rings. The molecule has 3 aliphatic rings. The van der Waals surface area contributed by atoms with Crippen LogP contribution in [0.15, 0.2) is 12.7 Å². The molecule has 1 unspecified atom stereocenters. The van der Waals surface area contributed by atoms with Crippen LogP contribution in [0.4, 0.5) is 4.79 Å². The second-order valence-corrected chi connectivity index (χ2v) is 17.7. The van der Waals surface area contributed by atoms with Crippen LogP contribution >= 0.6 is 0 Å². The van der Waals surface area contributed by atoms with Gasteiger partial charge >= 0.3 is 6.03 Å². The number of amides is 5. The molecule has 262 valence electrons. The van der Waals surface area contributed by atoms with E-state index in [0.717, 1.165) is 0 Å². The van der Waals surface area contributed by atoms with Crippen molar-refractivity contribution in [1.82, 2.24) is 30.5 Å². The van der Waals surface area contributed by atoms with Gasteiger partial charge in [-0.05, 0) is 34.5 Å². The Hall–Kier alpha value is -3.44. The third kappa shape index (κ3) is 8.54. The normalized spacial score (nSPS) is 24.9. The van der Waals surface area contributed by atoms with Crippen molar-refractivity contribution in [2.24, 2.45) is 28.1 Å². The first-order valence-electron chi connectivity index (χ1n) is 16.1. The molecule has 0 bridgehead atoms. The van der Waals surface area contributed by atoms with Gasteiger partial charge in [-0.3, -0.25) is 19.2 Å². The highest BCUT2D eigenvalue weighted by Crippen LogP contribution is 2.65. The Morgan fingerprint density at radius 3 is 2.19 bits per heavy atom. The van der Waals surface area contributed by atoms with Gasteiger partial charge in [-0.2, -0.15) is 4.31 Å². The summed E-state index contributed by atoms with van der Waals surface area (Å²) in [5.74, 6) is -0.659. The first kappa shape index (κ1) is 38.0. The Kier molecular flexibility index (Phi) is 11.3. The SMILES string of the molecule is C#CCC(NC(=O)[C@@H]1[C@@H]2[C@H](CN1C(=O)[C@@H](NC(=O)N[C@H](CN1CCCS1(=O)=O)C(C)(C)C)C(C)(C)C)C2(C)C)C(=O)C(=O)NCC=C. The summed E-state index contributed by atoms with van der Waals surface area (Å²) in [5, 5.41) is 10.8. The molecule has 4 N–H and O–H groups in total. The number of hydrogen-bond acceptors (Lipinski definition) is 7. The fourth-order valence-corrected chi connectivity index (χ4v) is 8.12. The monoisotopic (exact) mass is 676 g/mol. The van der Waals surface area contributed by atoms with Crippen molar-refractivity contribution in [3.8, 4) is 12.3 Å². The molecule has 2 aliphatic heterocycles. The number of sulfonamides is 1. The van der Waals surface area contributed by atoms with Crippen molar-refractivity contribution in [2.75, 3.05) is 31.9 Å². The number of likely N-dealkylation sites (tertiary alicyclic amines) is 1. The Labute approximate surface area is 279 Å². The average molecular weight is 677 g/mol. The van der Waals surface area contributed by atoms with Gasteiger partial charge in [0.05, 0.1) is 5.75 Å². The zero-order valence-corrected chi connectivity index (χ0v) is 29.8. The minimum atomic E-state index is -3.40. The largest absolute Gasteiger partial charge is 0.346 e. The standard InChI is InChI=1S/C33H52N6O7S/c1-11-14-21(25(40)28(42)34-15-12-2)35-27(41)24-23-20(33(23,9)10)18-39(24)29(43)26(32(6,7)8)37-30(44)36-22(31(3,4)5)19-38-16-13-17-47(38,45)46/h1,12,20-24,26H,2,13-19H2,3-10H3,(H,34,42)(H,35,41)(H2,36,37,44)/t20-,21?,22+,23-,24-,26+/m0/s1. The van der Waals surface area contributed by atoms with E-state index in [4.69, 9.17) is 6.42 Å². The lowest BCUT2D eigenvalue weighted by molar-refractivity contribution is -0.145. The fraction of sp³-hybridized carbons (Fsp3) is 0.727. The number of carbonyl (C=O) groups is 5. The summed E-state index contributed by atoms with van der Waals surface area (Å²) >= 11 is 0. The van der Waals surface area contributed by atoms with Crippen molar-refractivity contribution in [2.45, 2.75) is 92.4 Å². The van der Waals surface area contributed by atoms with Crippen LogP contribution < -0.4 is 21.3 Å². The smallest absolute Gasteiger partial charge is 0.315 e. The number of Topliss-reactive ketones (excluding diaryl/α,β-unsaturated/α-hetero) is 1. The number of urea groups is 1. The molecule has 2 heterocycles. The highest BCUT2D eigenvalue weighted by atomic mass is 32.2. The minimum Gasteiger partial charge on any atom is -0.346 e. The summed E-state index contributed by atoms with van der Waals surface area (Å²) in [6, 6.07) is -4.48. The molecule has 0 spiro atoms. The summed E-state index contributed by atoms with van der Waals surface area (Å²) in [4.78, 5) is 68.3. The molecule has 0 aromatic rings. The summed E-state index contributed by atoms with van der Waals surface area (Å²) < 4.78 is 26.4. The molecule has 47 heavy (non-hydrogen) atoms. The van der Waals surface area contributed by atoms with Crippen LogP contribution in [-0.4, -0.2) is 103 Å². The second kappa shape index (κ2) is 14.0. The lowest BCUT2D eigenvalue weighted by Gasteiger charge is -2.39. The molecule has 6 atom stereocenters. The van der Waals surface area contributed by atoms with Crippen LogP contribution in [-0.2, 0) is 29.2 Å². The van der Waals surface area contributed by atoms with Crippen molar-refractivity contribution in [3.63, 3.8) is 0 Å². The van der Waals surface area contributed by atoms with E-state index in [1.807, 2.05) is 34.6 Å². The molecule has 2 saturated heterocycles. The lowest BCUT2D eigenvalue weighted by Crippen LogP contribution is -2.62. The molecule has 0 aromatic carbocycles. The predicted molar refractivity (Wildman–Crippen MR) is 178 cm³/mol. The number of nitrogens with zero attached hydrogens (tertiary/aromatic N) is 2. The van der Waals surface area contributed by atoms with E-state index in [1.165, 1.54) is 15.3 Å². The summed E-state index contributed by atoms with van der Waals surface area (Å²) in [6.45, 7) is 19.4. The summed E-state index contributed by atoms with van der Waals surface area (Å²) in [5.41, 5.74) is -1.53. The number of piperidine rings is 1. The molecule has 1 saturated carbocycles. The molecule has 0 aromatic heterocycles. The number of hydrogen-bond donors (Lipinski definition) is 4. The highest BCUT2D eigenvalue weighted by Gasteiger charge is 2.70. The van der Waals surface area contributed by atoms with Crippen LogP contribution in [0.3, 0.4) is 0 Å². The van der Waals surface area contributed by atoms with Gasteiger partial charge in [0.2, 0.25) is 27.6 Å². The maximum absolute atomic E-state index is 14.3. The maximum atomic E-state index is 14.3. The fourth-order valence-electron chi connectivity index (χ4n) is 6.59. The summed E-state index contributed by atoms with van der Waals surface area (Å²) in [7, 11) is -3.40. The van der Waals surface area contributed by atoms with Crippen molar-refractivity contribution < 1.29 is 32.4 Å². The molecular weight excluding hydrogens is 624 g/mol. The van der Waals surface area contributed by atoms with Crippen molar-refractivity contribution >= 4 is 39.6 Å². The van der Waals surface area contributed by atoms with E-state index in [9.17, 15) is 32.4 Å². The molecule has 3 rings (SSSR count). The predicted octanol–water partition coefficient (Wildman–Crippen LogP) is 1.01. The first-order valence-corrected chi connectivity index (χ1v) is 17.7. The second-order valence-electron chi connectivity index (χ2n) is 15.6. The van der Waals surface area contributed by atoms with E-state index in [-0.39, 0.29) is 49.1 Å². The number of nitrogens with one attached hydrogen (secondary N) is 4. The van der Waals surface area contributed by atoms with Crippen LogP contribution in [0.5, 0.6) is 0 Å². The van der Waals surface area contributed by atoms with Crippen LogP contribution in [0.25, 0.3) is 0 Å². The zero-order chi connectivity index (χ0) is 35.7. The first-order chi connectivity index (χ1) is 21.6. The quantitative estimate of drug-likeness (QED) is 0.136. The molecule has 5 amide bonds. The van der Waals surface area contributed by atoms with Crippen molar-refractivity contribution in [1.29, 1.82) is 0 Å². The molecule has 0 radical (unpaired) electrons. The van der Waals surface area contributed by atoms with Gasteiger partial charge in [0.25, 0.3) is 5.91 Å². The van der Waals surface area contributed by atoms with Gasteiger partial charge in [-0.1, -0.05) is 61.5 Å². The molecular formula is C33H52N6O7S. The molecule has 14 heteroatoms. The minimum absolute atomic E-state index is 0.0157. The maximum Gasteiger partial charge on any atom is 0.315 e. The lowest BCUT2D eigenvalue weighted by atomic mass is 9.85. The Bertz CT molecular complexity index is 1420. The van der Waals surface area contributed by atoms with Crippen LogP contribution in [0.2, 0.25) is 0 Å². The van der Waals surface area contributed by atoms with Gasteiger partial charge in [0.15, 0.2) is 0 Å². The van der Waals surface area contributed by atoms with Crippen molar-refractivity contribution in [3.05, 3.63) is 12.7 Å². The third-order valence-corrected chi connectivity index (χ3v) is 11.6. The van der Waals surface area contributed by atoms with E-state index in [1.54, 1.807) is 20.8 Å². The third-order valence-electron chi connectivity index (χ3n) is 9.67. The number of ketones is 1. The highest BCUT2D eigenvalue weighted by molar-refractivity contribution is 7.89. The van der Waals surface area contributed by atoms with Gasteiger partial charge in [-0.25, -0.2) is 13.2 Å². The number of fused-ring (bicyclic) bond motifs is 1. The van der Waals surface area contributed by atoms with Crippen LogP contribution in [0.1, 0.15) is 68.2 Å². The Morgan fingerprint density at radius 2 is 1.68 bits per heavy atom. The van der Waals surface area contributed by atoms with E-state index >= 15 is 0 Å². The van der Waals surface area contributed by atoms with Crippen LogP contribution in [0, 0.1) is 40.4 Å². The van der Waals surface area contributed by atoms with Gasteiger partial charge in [-0.15, -0.1) is 18.9 Å². The number of rotatable bonds is 12.